The van der Waals surface area contributed by atoms with Crippen molar-refractivity contribution in [2.75, 3.05) is 20.3 Å². The van der Waals surface area contributed by atoms with Gasteiger partial charge in [-0.15, -0.1) is 0 Å². The zero-order chi connectivity index (χ0) is 11.1. The fourth-order valence-electron chi connectivity index (χ4n) is 1.05. The number of nitrogens with one attached hydrogen (secondary N) is 1. The SMILES string of the molecule is COCCCNC(=O)c1ncccc1Br. The molecule has 4 nitrogen and oxygen atoms in total. The molecule has 0 aliphatic rings. The Morgan fingerprint density at radius 1 is 1.67 bits per heavy atom. The average molecular weight is 273 g/mol. The van der Waals surface area contributed by atoms with Gasteiger partial charge in [-0.05, 0) is 34.5 Å². The summed E-state index contributed by atoms with van der Waals surface area (Å²) in [6.45, 7) is 1.24. The summed E-state index contributed by atoms with van der Waals surface area (Å²) >= 11 is 3.27. The van der Waals surface area contributed by atoms with E-state index in [1.807, 2.05) is 0 Å². The molecule has 0 unspecified atom stereocenters. The summed E-state index contributed by atoms with van der Waals surface area (Å²) in [4.78, 5) is 15.6. The van der Waals surface area contributed by atoms with Gasteiger partial charge in [-0.1, -0.05) is 0 Å². The molecule has 1 amide bonds. The Balaban J connectivity index is 2.44. The number of hydrogen-bond acceptors (Lipinski definition) is 3. The van der Waals surface area contributed by atoms with Crippen molar-refractivity contribution in [2.45, 2.75) is 6.42 Å². The molecular weight excluding hydrogens is 260 g/mol. The lowest BCUT2D eigenvalue weighted by Gasteiger charge is -2.05. The van der Waals surface area contributed by atoms with E-state index >= 15 is 0 Å². The van der Waals surface area contributed by atoms with Crippen molar-refractivity contribution >= 4 is 21.8 Å². The number of hydrogen-bond donors (Lipinski definition) is 1. The Hall–Kier alpha value is -0.940. The van der Waals surface area contributed by atoms with Crippen molar-refractivity contribution < 1.29 is 9.53 Å². The highest BCUT2D eigenvalue weighted by Gasteiger charge is 2.09. The van der Waals surface area contributed by atoms with Crippen LogP contribution >= 0.6 is 15.9 Å². The van der Waals surface area contributed by atoms with Gasteiger partial charge in [-0.2, -0.15) is 0 Å². The van der Waals surface area contributed by atoms with Gasteiger partial charge in [-0.25, -0.2) is 4.98 Å². The van der Waals surface area contributed by atoms with Gasteiger partial charge in [0.15, 0.2) is 0 Å². The zero-order valence-corrected chi connectivity index (χ0v) is 10.1. The van der Waals surface area contributed by atoms with E-state index in [1.54, 1.807) is 25.4 Å². The van der Waals surface area contributed by atoms with Crippen molar-refractivity contribution in [1.82, 2.24) is 10.3 Å². The Morgan fingerprint density at radius 3 is 3.13 bits per heavy atom. The van der Waals surface area contributed by atoms with Crippen LogP contribution in [0.2, 0.25) is 0 Å². The van der Waals surface area contributed by atoms with Crippen LogP contribution in [-0.4, -0.2) is 31.2 Å². The second-order valence-electron chi connectivity index (χ2n) is 2.94. The summed E-state index contributed by atoms with van der Waals surface area (Å²) in [5.74, 6) is -0.168. The van der Waals surface area contributed by atoms with Crippen LogP contribution in [0, 0.1) is 0 Å². The number of carbonyl (C=O) groups excluding carboxylic acids is 1. The summed E-state index contributed by atoms with van der Waals surface area (Å²) in [7, 11) is 1.64. The van der Waals surface area contributed by atoms with Crippen LogP contribution in [0.3, 0.4) is 0 Å². The number of ether oxygens (including phenoxy) is 1. The predicted molar refractivity (Wildman–Crippen MR) is 60.8 cm³/mol. The summed E-state index contributed by atoms with van der Waals surface area (Å²) < 4.78 is 5.58. The van der Waals surface area contributed by atoms with E-state index < -0.39 is 0 Å². The van der Waals surface area contributed by atoms with E-state index in [1.165, 1.54) is 0 Å². The monoisotopic (exact) mass is 272 g/mol. The van der Waals surface area contributed by atoms with Crippen LogP contribution in [0.25, 0.3) is 0 Å². The van der Waals surface area contributed by atoms with Gasteiger partial charge in [0.05, 0.1) is 0 Å². The molecular formula is C10H13BrN2O2. The standard InChI is InChI=1S/C10H13BrN2O2/c1-15-7-3-6-13-10(14)9-8(11)4-2-5-12-9/h2,4-5H,3,6-7H2,1H3,(H,13,14). The minimum absolute atomic E-state index is 0.168. The highest BCUT2D eigenvalue weighted by Crippen LogP contribution is 2.12. The van der Waals surface area contributed by atoms with Crippen molar-refractivity contribution in [3.05, 3.63) is 28.5 Å². The Morgan fingerprint density at radius 2 is 2.47 bits per heavy atom. The molecule has 0 aliphatic carbocycles. The molecule has 0 fully saturated rings. The molecule has 15 heavy (non-hydrogen) atoms. The molecule has 0 aromatic carbocycles. The second-order valence-corrected chi connectivity index (χ2v) is 3.79. The quantitative estimate of drug-likeness (QED) is 0.829. The number of methoxy groups -OCH3 is 1. The number of pyridine rings is 1. The molecule has 0 radical (unpaired) electrons. The number of nitrogens with zero attached hydrogens (tertiary/aromatic N) is 1. The Kier molecular flexibility index (Phi) is 5.28. The molecule has 0 aliphatic heterocycles. The van der Waals surface area contributed by atoms with Gasteiger partial charge >= 0.3 is 0 Å². The third-order valence-electron chi connectivity index (χ3n) is 1.78. The van der Waals surface area contributed by atoms with Crippen LogP contribution in [0.1, 0.15) is 16.9 Å². The van der Waals surface area contributed by atoms with Gasteiger partial charge in [0.25, 0.3) is 5.91 Å². The maximum absolute atomic E-state index is 11.6. The summed E-state index contributed by atoms with van der Waals surface area (Å²) in [5, 5.41) is 2.76. The lowest BCUT2D eigenvalue weighted by Crippen LogP contribution is -2.26. The van der Waals surface area contributed by atoms with Crippen molar-refractivity contribution in [3.63, 3.8) is 0 Å². The number of amides is 1. The summed E-state index contributed by atoms with van der Waals surface area (Å²) in [6, 6.07) is 3.56. The van der Waals surface area contributed by atoms with E-state index in [0.29, 0.717) is 23.3 Å². The minimum atomic E-state index is -0.168. The zero-order valence-electron chi connectivity index (χ0n) is 8.50. The van der Waals surface area contributed by atoms with Gasteiger partial charge in [0.2, 0.25) is 0 Å². The van der Waals surface area contributed by atoms with E-state index in [9.17, 15) is 4.79 Å². The van der Waals surface area contributed by atoms with Gasteiger partial charge < -0.3 is 10.1 Å². The molecule has 1 heterocycles. The molecule has 82 valence electrons. The van der Waals surface area contributed by atoms with Gasteiger partial charge in [0.1, 0.15) is 5.69 Å². The fourth-order valence-corrected chi connectivity index (χ4v) is 1.49. The van der Waals surface area contributed by atoms with Crippen LogP contribution in [0.15, 0.2) is 22.8 Å². The molecule has 5 heteroatoms. The first-order chi connectivity index (χ1) is 7.25. The second kappa shape index (κ2) is 6.53. The highest BCUT2D eigenvalue weighted by atomic mass is 79.9. The molecule has 0 atom stereocenters. The van der Waals surface area contributed by atoms with Gasteiger partial charge in [-0.3, -0.25) is 4.79 Å². The van der Waals surface area contributed by atoms with E-state index in [4.69, 9.17) is 4.74 Å². The normalized spacial score (nSPS) is 10.0. The maximum Gasteiger partial charge on any atom is 0.271 e. The predicted octanol–water partition coefficient (Wildman–Crippen LogP) is 1.61. The molecule has 0 spiro atoms. The summed E-state index contributed by atoms with van der Waals surface area (Å²) in [5.41, 5.74) is 0.412. The smallest absolute Gasteiger partial charge is 0.271 e. The molecule has 0 saturated heterocycles. The van der Waals surface area contributed by atoms with Crippen molar-refractivity contribution in [1.29, 1.82) is 0 Å². The number of halogens is 1. The third kappa shape index (κ3) is 3.97. The maximum atomic E-state index is 11.6. The fraction of sp³-hybridized carbons (Fsp3) is 0.400. The largest absolute Gasteiger partial charge is 0.385 e. The molecule has 0 saturated carbocycles. The number of carbonyl (C=O) groups is 1. The van der Waals surface area contributed by atoms with Gasteiger partial charge in [0, 0.05) is 30.9 Å². The van der Waals surface area contributed by atoms with Crippen LogP contribution in [0.4, 0.5) is 0 Å². The lowest BCUT2D eigenvalue weighted by atomic mass is 10.3. The molecule has 0 bridgehead atoms. The molecule has 1 aromatic heterocycles. The topological polar surface area (TPSA) is 51.2 Å². The number of aromatic nitrogens is 1. The highest BCUT2D eigenvalue weighted by molar-refractivity contribution is 9.10. The third-order valence-corrected chi connectivity index (χ3v) is 2.42. The Bertz CT molecular complexity index is 331. The lowest BCUT2D eigenvalue weighted by molar-refractivity contribution is 0.0943. The molecule has 1 rings (SSSR count). The van der Waals surface area contributed by atoms with Crippen LogP contribution < -0.4 is 5.32 Å². The molecule has 1 aromatic rings. The molecule has 1 N–H and O–H groups in total. The van der Waals surface area contributed by atoms with E-state index in [0.717, 1.165) is 6.42 Å². The minimum Gasteiger partial charge on any atom is -0.385 e. The first-order valence-electron chi connectivity index (χ1n) is 4.63. The summed E-state index contributed by atoms with van der Waals surface area (Å²) in [6.07, 6.45) is 2.39. The van der Waals surface area contributed by atoms with Crippen molar-refractivity contribution in [3.8, 4) is 0 Å². The first kappa shape index (κ1) is 12.1. The average Bonchev–Trinajstić information content (AvgIpc) is 2.25. The van der Waals surface area contributed by atoms with E-state index in [-0.39, 0.29) is 5.91 Å². The van der Waals surface area contributed by atoms with E-state index in [2.05, 4.69) is 26.2 Å². The first-order valence-corrected chi connectivity index (χ1v) is 5.42. The Labute approximate surface area is 97.2 Å². The van der Waals surface area contributed by atoms with Crippen LogP contribution in [-0.2, 0) is 4.74 Å². The van der Waals surface area contributed by atoms with Crippen LogP contribution in [0.5, 0.6) is 0 Å². The number of rotatable bonds is 5. The van der Waals surface area contributed by atoms with Crippen molar-refractivity contribution in [2.24, 2.45) is 0 Å².